The van der Waals surface area contributed by atoms with Crippen molar-refractivity contribution in [3.8, 4) is 11.4 Å². The molecule has 2 aromatic heterocycles. The monoisotopic (exact) mass is 387 g/mol. The highest BCUT2D eigenvalue weighted by Gasteiger charge is 2.36. The van der Waals surface area contributed by atoms with Crippen LogP contribution >= 0.6 is 27.5 Å². The van der Waals surface area contributed by atoms with E-state index >= 15 is 0 Å². The molecule has 0 aliphatic rings. The van der Waals surface area contributed by atoms with Crippen LogP contribution in [0, 0.1) is 0 Å². The molecule has 0 N–H and O–H groups in total. The predicted octanol–water partition coefficient (Wildman–Crippen LogP) is 5.13. The van der Waals surface area contributed by atoms with Gasteiger partial charge in [0.25, 0.3) is 0 Å². The summed E-state index contributed by atoms with van der Waals surface area (Å²) in [4.78, 5) is 11.6. The van der Waals surface area contributed by atoms with Gasteiger partial charge in [0.15, 0.2) is 16.7 Å². The van der Waals surface area contributed by atoms with Crippen molar-refractivity contribution in [1.82, 2.24) is 15.0 Å². The van der Waals surface area contributed by atoms with Crippen LogP contribution in [0.5, 0.6) is 0 Å². The fourth-order valence-electron chi connectivity index (χ4n) is 2.00. The zero-order chi connectivity index (χ0) is 15.9. The van der Waals surface area contributed by atoms with Gasteiger partial charge in [0.1, 0.15) is 5.52 Å². The maximum atomic E-state index is 13.3. The Morgan fingerprint density at radius 3 is 2.55 bits per heavy atom. The van der Waals surface area contributed by atoms with E-state index in [1.54, 1.807) is 24.3 Å². The smallest absolute Gasteiger partial charge is 0.242 e. The molecule has 22 heavy (non-hydrogen) atoms. The summed E-state index contributed by atoms with van der Waals surface area (Å²) in [6.45, 7) is 0. The van der Waals surface area contributed by atoms with E-state index in [1.807, 2.05) is 0 Å². The largest absolute Gasteiger partial charge is 0.434 e. The molecule has 0 atom stereocenters. The van der Waals surface area contributed by atoms with Gasteiger partial charge in [0, 0.05) is 21.6 Å². The van der Waals surface area contributed by atoms with Crippen LogP contribution in [-0.2, 0) is 6.18 Å². The van der Waals surface area contributed by atoms with Crippen LogP contribution in [0.3, 0.4) is 0 Å². The molecule has 0 bridgehead atoms. The van der Waals surface area contributed by atoms with Gasteiger partial charge in [-0.2, -0.15) is 13.2 Å². The molecule has 0 radical (unpaired) electrons. The van der Waals surface area contributed by atoms with Crippen LogP contribution in [0.4, 0.5) is 13.2 Å². The molecule has 0 saturated heterocycles. The number of nitrogens with zero attached hydrogens (tertiary/aromatic N) is 3. The molecule has 112 valence electrons. The highest BCUT2D eigenvalue weighted by molar-refractivity contribution is 9.10. The molecule has 1 aromatic carbocycles. The summed E-state index contributed by atoms with van der Waals surface area (Å²) in [6, 6.07) is 7.89. The van der Waals surface area contributed by atoms with Gasteiger partial charge in [-0.05, 0) is 18.2 Å². The quantitative estimate of drug-likeness (QED) is 0.543. The molecule has 3 aromatic rings. The minimum absolute atomic E-state index is 0.0264. The Morgan fingerprint density at radius 2 is 1.86 bits per heavy atom. The number of fused-ring (bicyclic) bond motifs is 1. The SMILES string of the molecule is FC(F)(F)c1nc(-c2cccc(Br)c2)nc2c(Cl)nccc12. The standard InChI is InChI=1S/C14H6BrClF3N3/c15-8-3-1-2-7(6-8)13-21-10-9(4-5-20-12(10)16)11(22-13)14(17,18)19/h1-6H. The molecule has 0 spiro atoms. The molecule has 0 fully saturated rings. The second-order valence-corrected chi connectivity index (χ2v) is 5.68. The molecule has 3 rings (SSSR count). The fourth-order valence-corrected chi connectivity index (χ4v) is 2.60. The zero-order valence-electron chi connectivity index (χ0n) is 10.7. The van der Waals surface area contributed by atoms with Crippen molar-refractivity contribution in [2.75, 3.05) is 0 Å². The Bertz CT molecular complexity index is 868. The van der Waals surface area contributed by atoms with Gasteiger partial charge in [-0.1, -0.05) is 39.7 Å². The Hall–Kier alpha value is -1.73. The summed E-state index contributed by atoms with van der Waals surface area (Å²) in [5.74, 6) is -0.0592. The highest BCUT2D eigenvalue weighted by Crippen LogP contribution is 2.35. The lowest BCUT2D eigenvalue weighted by molar-refractivity contribution is -0.139. The Morgan fingerprint density at radius 1 is 1.09 bits per heavy atom. The molecule has 0 aliphatic carbocycles. The number of aromatic nitrogens is 3. The number of benzene rings is 1. The number of hydrogen-bond acceptors (Lipinski definition) is 3. The van der Waals surface area contributed by atoms with Crippen LogP contribution < -0.4 is 0 Å². The molecule has 0 unspecified atom stereocenters. The average molecular weight is 389 g/mol. The summed E-state index contributed by atoms with van der Waals surface area (Å²) in [5.41, 5.74) is -0.611. The first-order valence-electron chi connectivity index (χ1n) is 6.01. The van der Waals surface area contributed by atoms with Crippen molar-refractivity contribution in [1.29, 1.82) is 0 Å². The lowest BCUT2D eigenvalue weighted by Crippen LogP contribution is -2.11. The predicted molar refractivity (Wildman–Crippen MR) is 80.5 cm³/mol. The number of halogens is 5. The summed E-state index contributed by atoms with van der Waals surface area (Å²) >= 11 is 9.16. The second-order valence-electron chi connectivity index (χ2n) is 4.40. The first-order chi connectivity index (χ1) is 10.4. The van der Waals surface area contributed by atoms with Crippen molar-refractivity contribution in [3.63, 3.8) is 0 Å². The van der Waals surface area contributed by atoms with E-state index in [-0.39, 0.29) is 21.9 Å². The molecule has 3 nitrogen and oxygen atoms in total. The van der Waals surface area contributed by atoms with Crippen molar-refractivity contribution >= 4 is 38.4 Å². The third-order valence-corrected chi connectivity index (χ3v) is 3.69. The Labute approximate surface area is 136 Å². The maximum absolute atomic E-state index is 13.3. The lowest BCUT2D eigenvalue weighted by atomic mass is 10.1. The van der Waals surface area contributed by atoms with Crippen molar-refractivity contribution in [2.24, 2.45) is 0 Å². The lowest BCUT2D eigenvalue weighted by Gasteiger charge is -2.12. The molecular weight excluding hydrogens is 383 g/mol. The van der Waals surface area contributed by atoms with E-state index in [1.165, 1.54) is 12.3 Å². The summed E-state index contributed by atoms with van der Waals surface area (Å²) in [6.07, 6.45) is -3.42. The van der Waals surface area contributed by atoms with Crippen LogP contribution in [0.2, 0.25) is 5.15 Å². The minimum atomic E-state index is -4.62. The Kier molecular flexibility index (Phi) is 3.78. The third kappa shape index (κ3) is 2.78. The van der Waals surface area contributed by atoms with Crippen molar-refractivity contribution < 1.29 is 13.2 Å². The van der Waals surface area contributed by atoms with E-state index in [0.717, 1.165) is 0 Å². The fraction of sp³-hybridized carbons (Fsp3) is 0.0714. The molecule has 0 amide bonds. The van der Waals surface area contributed by atoms with Gasteiger partial charge >= 0.3 is 6.18 Å². The van der Waals surface area contributed by atoms with Gasteiger partial charge in [-0.3, -0.25) is 0 Å². The average Bonchev–Trinajstić information content (AvgIpc) is 2.46. The number of alkyl halides is 3. The van der Waals surface area contributed by atoms with Gasteiger partial charge in [0.05, 0.1) is 0 Å². The summed E-state index contributed by atoms with van der Waals surface area (Å²) < 4.78 is 40.5. The highest BCUT2D eigenvalue weighted by atomic mass is 79.9. The van der Waals surface area contributed by atoms with Gasteiger partial charge in [-0.25, -0.2) is 15.0 Å². The number of pyridine rings is 1. The minimum Gasteiger partial charge on any atom is -0.242 e. The van der Waals surface area contributed by atoms with E-state index in [2.05, 4.69) is 30.9 Å². The molecule has 0 saturated carbocycles. The number of rotatable bonds is 1. The summed E-state index contributed by atoms with van der Waals surface area (Å²) in [5, 5.41) is -0.270. The normalized spacial score (nSPS) is 11.9. The third-order valence-electron chi connectivity index (χ3n) is 2.92. The molecule has 8 heteroatoms. The van der Waals surface area contributed by atoms with Crippen molar-refractivity contribution in [3.05, 3.63) is 51.8 Å². The van der Waals surface area contributed by atoms with Crippen molar-refractivity contribution in [2.45, 2.75) is 6.18 Å². The van der Waals surface area contributed by atoms with E-state index in [0.29, 0.717) is 10.0 Å². The van der Waals surface area contributed by atoms with Gasteiger partial charge in [-0.15, -0.1) is 0 Å². The van der Waals surface area contributed by atoms with Crippen LogP contribution in [0.25, 0.3) is 22.3 Å². The molecule has 0 aliphatic heterocycles. The van der Waals surface area contributed by atoms with E-state index in [4.69, 9.17) is 11.6 Å². The zero-order valence-corrected chi connectivity index (χ0v) is 13.0. The number of hydrogen-bond donors (Lipinski definition) is 0. The van der Waals surface area contributed by atoms with Crippen LogP contribution in [0.1, 0.15) is 5.69 Å². The van der Waals surface area contributed by atoms with E-state index in [9.17, 15) is 13.2 Å². The second kappa shape index (κ2) is 5.48. The van der Waals surface area contributed by atoms with Crippen LogP contribution in [0.15, 0.2) is 41.0 Å². The first kappa shape index (κ1) is 15.2. The first-order valence-corrected chi connectivity index (χ1v) is 7.19. The van der Waals surface area contributed by atoms with E-state index < -0.39 is 11.9 Å². The molecule has 2 heterocycles. The van der Waals surface area contributed by atoms with Crippen LogP contribution in [-0.4, -0.2) is 15.0 Å². The maximum Gasteiger partial charge on any atom is 0.434 e. The molecular formula is C14H6BrClF3N3. The topological polar surface area (TPSA) is 38.7 Å². The van der Waals surface area contributed by atoms with Gasteiger partial charge < -0.3 is 0 Å². The van der Waals surface area contributed by atoms with Gasteiger partial charge in [0.2, 0.25) is 0 Å². The summed E-state index contributed by atoms with van der Waals surface area (Å²) in [7, 11) is 0. The Balaban J connectivity index is 2.36.